The quantitative estimate of drug-likeness (QED) is 0.270. The van der Waals surface area contributed by atoms with Gasteiger partial charge in [0.15, 0.2) is 0 Å². The third kappa shape index (κ3) is 7.42. The van der Waals surface area contributed by atoms with Gasteiger partial charge in [0.2, 0.25) is 0 Å². The van der Waals surface area contributed by atoms with Crippen LogP contribution in [0.15, 0.2) is 0 Å². The summed E-state index contributed by atoms with van der Waals surface area (Å²) in [6.07, 6.45) is 1.46. The van der Waals surface area contributed by atoms with Gasteiger partial charge in [-0.15, -0.1) is 23.2 Å². The number of hydrogen-bond donors (Lipinski definition) is 0. The van der Waals surface area contributed by atoms with E-state index in [1.807, 2.05) is 0 Å². The Hall–Kier alpha value is -0.980. The molecule has 4 aliphatic carbocycles. The molecule has 0 aliphatic heterocycles. The molecule has 0 bridgehead atoms. The summed E-state index contributed by atoms with van der Waals surface area (Å²) in [5, 5.41) is 0. The second-order valence-electron chi connectivity index (χ2n) is 21.9. The van der Waals surface area contributed by atoms with E-state index in [4.69, 9.17) is 23.2 Å². The van der Waals surface area contributed by atoms with Gasteiger partial charge in [-0.2, -0.15) is 0 Å². The van der Waals surface area contributed by atoms with Crippen molar-refractivity contribution < 1.29 is 0 Å². The summed E-state index contributed by atoms with van der Waals surface area (Å²) in [5.74, 6) is 13.9. The van der Waals surface area contributed by atoms with E-state index < -0.39 is 4.33 Å². The number of alkyl halides is 2. The van der Waals surface area contributed by atoms with Crippen molar-refractivity contribution in [3.63, 3.8) is 0 Å². The van der Waals surface area contributed by atoms with Crippen LogP contribution in [-0.4, -0.2) is 4.33 Å². The SMILES string of the molecule is CC(C)(Cl)Cl.Cc1c(C)c(C)c(C2C(C)C(C)C(C)C3C(CC4C(C)C(C)C5C(c6c(C)c(C)c(C)c(C)c6C)C(C)C(C)C(C)C45)C(C)C(C)C23)c(C)c1C. The van der Waals surface area contributed by atoms with Crippen molar-refractivity contribution in [2.75, 3.05) is 0 Å². The maximum absolute atomic E-state index is 5.30. The summed E-state index contributed by atoms with van der Waals surface area (Å²) in [6, 6.07) is 0. The Balaban J connectivity index is 0.00000113. The van der Waals surface area contributed by atoms with Crippen molar-refractivity contribution in [2.45, 2.75) is 175 Å². The van der Waals surface area contributed by atoms with Gasteiger partial charge >= 0.3 is 0 Å². The maximum atomic E-state index is 5.30. The minimum atomic E-state index is -0.556. The lowest BCUT2D eigenvalue weighted by Gasteiger charge is -2.52. The largest absolute Gasteiger partial charge is 0.112 e. The third-order valence-electron chi connectivity index (χ3n) is 19.9. The van der Waals surface area contributed by atoms with E-state index in [1.54, 1.807) is 69.5 Å². The van der Waals surface area contributed by atoms with E-state index in [0.717, 1.165) is 94.7 Å². The van der Waals surface area contributed by atoms with Crippen molar-refractivity contribution in [1.82, 2.24) is 0 Å². The predicted molar refractivity (Wildman–Crippen MR) is 249 cm³/mol. The summed E-state index contributed by atoms with van der Waals surface area (Å²) >= 11 is 10.6. The molecule has 0 saturated heterocycles. The van der Waals surface area contributed by atoms with Gasteiger partial charge in [-0.1, -0.05) is 69.2 Å². The molecule has 4 fully saturated rings. The second-order valence-corrected chi connectivity index (χ2v) is 24.0. The number of halogens is 2. The van der Waals surface area contributed by atoms with Crippen molar-refractivity contribution >= 4 is 23.2 Å². The van der Waals surface area contributed by atoms with Gasteiger partial charge in [-0.3, -0.25) is 0 Å². The molecule has 316 valence electrons. The first-order valence-electron chi connectivity index (χ1n) is 23.2. The van der Waals surface area contributed by atoms with E-state index in [2.05, 4.69) is 138 Å². The Morgan fingerprint density at radius 1 is 0.321 bits per heavy atom. The lowest BCUT2D eigenvalue weighted by atomic mass is 9.52. The fourth-order valence-electron chi connectivity index (χ4n) is 15.1. The van der Waals surface area contributed by atoms with Crippen LogP contribution >= 0.6 is 23.2 Å². The normalized spacial score (nSPS) is 40.9. The molecule has 0 radical (unpaired) electrons. The van der Waals surface area contributed by atoms with E-state index in [9.17, 15) is 0 Å². The van der Waals surface area contributed by atoms with E-state index in [-0.39, 0.29) is 0 Å². The first-order valence-corrected chi connectivity index (χ1v) is 24.0. The number of benzene rings is 2. The Labute approximate surface area is 357 Å². The van der Waals surface area contributed by atoms with E-state index in [1.165, 1.54) is 17.5 Å². The first kappa shape index (κ1) is 46.1. The molecule has 0 spiro atoms. The maximum Gasteiger partial charge on any atom is 0.112 e. The molecule has 6 rings (SSSR count). The number of hydrogen-bond acceptors (Lipinski definition) is 0. The van der Waals surface area contributed by atoms with Crippen LogP contribution in [0.2, 0.25) is 0 Å². The van der Waals surface area contributed by atoms with Crippen LogP contribution in [0.4, 0.5) is 0 Å². The van der Waals surface area contributed by atoms with Crippen molar-refractivity contribution in [2.24, 2.45) is 94.7 Å². The van der Waals surface area contributed by atoms with Gasteiger partial charge in [-0.25, -0.2) is 0 Å². The average Bonchev–Trinajstić information content (AvgIpc) is 3.52. The smallest absolute Gasteiger partial charge is 0.102 e. The fraction of sp³-hybridized carbons (Fsp3) is 0.778. The molecule has 0 aromatic heterocycles. The monoisotopic (exact) mass is 805 g/mol. The summed E-state index contributed by atoms with van der Waals surface area (Å²) in [4.78, 5) is 0. The minimum Gasteiger partial charge on any atom is -0.102 e. The highest BCUT2D eigenvalue weighted by Gasteiger charge is 2.61. The third-order valence-corrected chi connectivity index (χ3v) is 19.9. The van der Waals surface area contributed by atoms with Crippen LogP contribution < -0.4 is 0 Å². The zero-order valence-corrected chi connectivity index (χ0v) is 41.9. The molecule has 56 heavy (non-hydrogen) atoms. The molecule has 0 nitrogen and oxygen atoms in total. The highest BCUT2D eigenvalue weighted by atomic mass is 35.5. The molecule has 2 aromatic rings. The topological polar surface area (TPSA) is 0 Å². The van der Waals surface area contributed by atoms with Crippen LogP contribution in [0.1, 0.15) is 168 Å². The molecule has 2 aromatic carbocycles. The first-order chi connectivity index (χ1) is 25.7. The molecule has 4 saturated carbocycles. The molecule has 4 aliphatic rings. The van der Waals surface area contributed by atoms with Gasteiger partial charge in [-0.05, 0) is 263 Å². The molecule has 0 amide bonds. The van der Waals surface area contributed by atoms with Gasteiger partial charge < -0.3 is 0 Å². The molecule has 0 N–H and O–H groups in total. The average molecular weight is 806 g/mol. The van der Waals surface area contributed by atoms with Crippen LogP contribution in [-0.2, 0) is 0 Å². The zero-order chi connectivity index (χ0) is 42.5. The van der Waals surface area contributed by atoms with Crippen molar-refractivity contribution in [3.05, 3.63) is 66.8 Å². The molecule has 18 atom stereocenters. The summed E-state index contributed by atoms with van der Waals surface area (Å²) in [7, 11) is 0. The molecular formula is C54H86Cl2. The van der Waals surface area contributed by atoms with Gasteiger partial charge in [0, 0.05) is 0 Å². The Morgan fingerprint density at radius 3 is 0.786 bits per heavy atom. The van der Waals surface area contributed by atoms with Gasteiger partial charge in [0.05, 0.1) is 0 Å². The van der Waals surface area contributed by atoms with Crippen molar-refractivity contribution in [1.29, 1.82) is 0 Å². The van der Waals surface area contributed by atoms with Crippen LogP contribution in [0.3, 0.4) is 0 Å². The Bertz CT molecular complexity index is 1570. The number of rotatable bonds is 4. The molecule has 18 unspecified atom stereocenters. The van der Waals surface area contributed by atoms with Crippen LogP contribution in [0.25, 0.3) is 0 Å². The summed E-state index contributed by atoms with van der Waals surface area (Å²) < 4.78 is -0.556. The van der Waals surface area contributed by atoms with Gasteiger partial charge in [0.1, 0.15) is 4.33 Å². The lowest BCUT2D eigenvalue weighted by molar-refractivity contribution is 0.000812. The van der Waals surface area contributed by atoms with Crippen molar-refractivity contribution in [3.8, 4) is 0 Å². The molecule has 2 heteroatoms. The Morgan fingerprint density at radius 2 is 0.536 bits per heavy atom. The van der Waals surface area contributed by atoms with Crippen LogP contribution in [0.5, 0.6) is 0 Å². The predicted octanol–water partition coefficient (Wildman–Crippen LogP) is 16.3. The number of fused-ring (bicyclic) bond motifs is 2. The van der Waals surface area contributed by atoms with Crippen LogP contribution in [0, 0.1) is 164 Å². The zero-order valence-electron chi connectivity index (χ0n) is 40.4. The fourth-order valence-corrected chi connectivity index (χ4v) is 15.1. The standard InChI is InChI=1S/C51H80.C3H6Cl2/c1-22-24(3)32(11)44(33(12)25(22)4)48-38(17)28(7)36(15)46-42(30(9)40(19)50(46)48)21-43-31(10)41(20)51-47(43)37(16)29(8)39(18)49(51)45-34(13)26(5)23(2)27(6)35(45)14;1-3(2,4)5/h28-31,36-43,46-51H,21H2,1-20H3;1-2H3. The summed E-state index contributed by atoms with van der Waals surface area (Å²) in [5.41, 5.74) is 19.2. The highest BCUT2D eigenvalue weighted by molar-refractivity contribution is 6.47. The Kier molecular flexibility index (Phi) is 13.6. The van der Waals surface area contributed by atoms with E-state index >= 15 is 0 Å². The van der Waals surface area contributed by atoms with Gasteiger partial charge in [0.25, 0.3) is 0 Å². The lowest BCUT2D eigenvalue weighted by Crippen LogP contribution is -2.45. The van der Waals surface area contributed by atoms with E-state index in [0.29, 0.717) is 11.8 Å². The molecule has 0 heterocycles. The molecular weight excluding hydrogens is 719 g/mol. The minimum absolute atomic E-state index is 0.556. The second kappa shape index (κ2) is 16.5. The highest BCUT2D eigenvalue weighted by Crippen LogP contribution is 2.68. The summed E-state index contributed by atoms with van der Waals surface area (Å²) in [6.45, 7) is 54.5.